The van der Waals surface area contributed by atoms with E-state index in [1.165, 1.54) is 0 Å². The third kappa shape index (κ3) is 0.808. The van der Waals surface area contributed by atoms with Crippen LogP contribution in [-0.2, 0) is 9.59 Å². The Morgan fingerprint density at radius 2 is 2.42 bits per heavy atom. The quantitative estimate of drug-likeness (QED) is 0.333. The van der Waals surface area contributed by atoms with E-state index in [2.05, 4.69) is 0 Å². The van der Waals surface area contributed by atoms with E-state index < -0.39 is 0 Å². The fourth-order valence-corrected chi connectivity index (χ4v) is 2.22. The van der Waals surface area contributed by atoms with Crippen molar-refractivity contribution in [1.82, 2.24) is 0 Å². The number of allylic oxidation sites excluding steroid dienone is 2. The van der Waals surface area contributed by atoms with Crippen molar-refractivity contribution >= 4 is 12.1 Å². The number of hydrogen-bond donors (Lipinski definition) is 0. The largest absolute Gasteiger partial charge is 0.303 e. The SMILES string of the molecule is CC12C=CC(CC1)C(C=O)C2=O. The lowest BCUT2D eigenvalue weighted by atomic mass is 9.61. The van der Waals surface area contributed by atoms with Crippen LogP contribution in [0.2, 0.25) is 0 Å². The number of carbonyl (C=O) groups is 2. The van der Waals surface area contributed by atoms with Crippen molar-refractivity contribution in [2.24, 2.45) is 17.3 Å². The van der Waals surface area contributed by atoms with Gasteiger partial charge in [0.1, 0.15) is 6.29 Å². The first kappa shape index (κ1) is 7.71. The van der Waals surface area contributed by atoms with E-state index in [1.54, 1.807) is 0 Å². The average molecular weight is 164 g/mol. The van der Waals surface area contributed by atoms with E-state index in [4.69, 9.17) is 0 Å². The zero-order valence-corrected chi connectivity index (χ0v) is 7.12. The van der Waals surface area contributed by atoms with Crippen molar-refractivity contribution in [3.8, 4) is 0 Å². The molecular formula is C10H12O2. The zero-order valence-electron chi connectivity index (χ0n) is 7.12. The summed E-state index contributed by atoms with van der Waals surface area (Å²) in [5, 5.41) is 0. The molecule has 0 radical (unpaired) electrons. The van der Waals surface area contributed by atoms with Gasteiger partial charge in [-0.05, 0) is 25.7 Å². The molecule has 0 spiro atoms. The van der Waals surface area contributed by atoms with Crippen molar-refractivity contribution in [3.63, 3.8) is 0 Å². The van der Waals surface area contributed by atoms with Gasteiger partial charge in [0.2, 0.25) is 0 Å². The maximum absolute atomic E-state index is 11.7. The normalized spacial score (nSPS) is 44.9. The molecule has 0 N–H and O–H groups in total. The molecule has 2 bridgehead atoms. The number of fused-ring (bicyclic) bond motifs is 2. The van der Waals surface area contributed by atoms with Crippen LogP contribution in [0.5, 0.6) is 0 Å². The highest BCUT2D eigenvalue weighted by atomic mass is 16.1. The molecule has 3 rings (SSSR count). The van der Waals surface area contributed by atoms with Gasteiger partial charge >= 0.3 is 0 Å². The molecule has 1 saturated carbocycles. The van der Waals surface area contributed by atoms with Crippen molar-refractivity contribution in [1.29, 1.82) is 0 Å². The van der Waals surface area contributed by atoms with E-state index in [0.717, 1.165) is 19.1 Å². The molecule has 2 nitrogen and oxygen atoms in total. The molecule has 0 aromatic heterocycles. The molecular weight excluding hydrogens is 152 g/mol. The van der Waals surface area contributed by atoms with Gasteiger partial charge in [-0.15, -0.1) is 0 Å². The average Bonchev–Trinajstić information content (AvgIpc) is 2.08. The van der Waals surface area contributed by atoms with Crippen LogP contribution in [0.4, 0.5) is 0 Å². The summed E-state index contributed by atoms with van der Waals surface area (Å²) >= 11 is 0. The lowest BCUT2D eigenvalue weighted by molar-refractivity contribution is -0.138. The Kier molecular flexibility index (Phi) is 1.47. The van der Waals surface area contributed by atoms with Crippen LogP contribution in [0.3, 0.4) is 0 Å². The molecule has 3 atom stereocenters. The molecule has 12 heavy (non-hydrogen) atoms. The summed E-state index contributed by atoms with van der Waals surface area (Å²) in [6, 6.07) is 0. The number of Topliss-reactive ketones (excluding diaryl/α,β-unsaturated/α-hetero) is 1. The minimum Gasteiger partial charge on any atom is -0.303 e. The summed E-state index contributed by atoms with van der Waals surface area (Å²) < 4.78 is 0. The molecule has 64 valence electrons. The van der Waals surface area contributed by atoms with E-state index >= 15 is 0 Å². The van der Waals surface area contributed by atoms with E-state index in [0.29, 0.717) is 0 Å². The molecule has 0 aliphatic heterocycles. The minimum atomic E-state index is -0.353. The highest BCUT2D eigenvalue weighted by Gasteiger charge is 2.46. The number of ketones is 1. The zero-order chi connectivity index (χ0) is 8.77. The van der Waals surface area contributed by atoms with Gasteiger partial charge in [-0.1, -0.05) is 12.2 Å². The third-order valence-electron chi connectivity index (χ3n) is 3.18. The van der Waals surface area contributed by atoms with Gasteiger partial charge in [-0.3, -0.25) is 4.79 Å². The molecule has 2 heteroatoms. The number of rotatable bonds is 1. The molecule has 3 aliphatic carbocycles. The molecule has 0 saturated heterocycles. The van der Waals surface area contributed by atoms with Crippen molar-refractivity contribution in [2.45, 2.75) is 19.8 Å². The molecule has 3 unspecified atom stereocenters. The standard InChI is InChI=1S/C10H12O2/c1-10-4-2-7(3-5-10)8(6-11)9(10)12/h2,4,6-8H,3,5H2,1H3. The maximum atomic E-state index is 11.7. The van der Waals surface area contributed by atoms with Gasteiger partial charge in [0.15, 0.2) is 5.78 Å². The van der Waals surface area contributed by atoms with Gasteiger partial charge < -0.3 is 4.79 Å². The Hall–Kier alpha value is -0.920. The molecule has 0 amide bonds. The van der Waals surface area contributed by atoms with Gasteiger partial charge in [0, 0.05) is 5.41 Å². The Balaban J connectivity index is 2.42. The van der Waals surface area contributed by atoms with Gasteiger partial charge in [0.05, 0.1) is 5.92 Å². The van der Waals surface area contributed by atoms with Crippen molar-refractivity contribution < 1.29 is 9.59 Å². The fourth-order valence-electron chi connectivity index (χ4n) is 2.22. The molecule has 0 aromatic rings. The van der Waals surface area contributed by atoms with Crippen molar-refractivity contribution in [2.75, 3.05) is 0 Å². The number of carbonyl (C=O) groups excluding carboxylic acids is 2. The monoisotopic (exact) mass is 164 g/mol. The fraction of sp³-hybridized carbons (Fsp3) is 0.600. The highest BCUT2D eigenvalue weighted by molar-refractivity contribution is 6.00. The van der Waals surface area contributed by atoms with Crippen LogP contribution in [0.15, 0.2) is 12.2 Å². The van der Waals surface area contributed by atoms with Crippen LogP contribution in [0.1, 0.15) is 19.8 Å². The summed E-state index contributed by atoms with van der Waals surface area (Å²) in [7, 11) is 0. The second-order valence-corrected chi connectivity index (χ2v) is 4.01. The van der Waals surface area contributed by atoms with E-state index in [-0.39, 0.29) is 23.0 Å². The van der Waals surface area contributed by atoms with Crippen LogP contribution >= 0.6 is 0 Å². The van der Waals surface area contributed by atoms with Crippen LogP contribution in [0, 0.1) is 17.3 Å². The molecule has 0 heterocycles. The number of aldehydes is 1. The summed E-state index contributed by atoms with van der Waals surface area (Å²) in [6.45, 7) is 1.93. The first-order chi connectivity index (χ1) is 5.67. The minimum absolute atomic E-state index is 0.122. The second kappa shape index (κ2) is 2.28. The predicted octanol–water partition coefficient (Wildman–Crippen LogP) is 1.36. The maximum Gasteiger partial charge on any atom is 0.153 e. The highest BCUT2D eigenvalue weighted by Crippen LogP contribution is 2.44. The topological polar surface area (TPSA) is 34.1 Å². The Labute approximate surface area is 71.6 Å². The smallest absolute Gasteiger partial charge is 0.153 e. The Bertz CT molecular complexity index is 267. The lowest BCUT2D eigenvalue weighted by Crippen LogP contribution is -2.44. The Morgan fingerprint density at radius 1 is 1.67 bits per heavy atom. The predicted molar refractivity (Wildman–Crippen MR) is 44.5 cm³/mol. The van der Waals surface area contributed by atoms with Crippen LogP contribution < -0.4 is 0 Å². The summed E-state index contributed by atoms with van der Waals surface area (Å²) in [5.41, 5.74) is -0.333. The molecule has 3 aliphatic rings. The van der Waals surface area contributed by atoms with E-state index in [1.807, 2.05) is 19.1 Å². The Morgan fingerprint density at radius 3 is 2.83 bits per heavy atom. The lowest BCUT2D eigenvalue weighted by Gasteiger charge is -2.40. The van der Waals surface area contributed by atoms with Crippen LogP contribution in [0.25, 0.3) is 0 Å². The first-order valence-corrected chi connectivity index (χ1v) is 4.36. The number of hydrogen-bond acceptors (Lipinski definition) is 2. The van der Waals surface area contributed by atoms with Crippen LogP contribution in [-0.4, -0.2) is 12.1 Å². The summed E-state index contributed by atoms with van der Waals surface area (Å²) in [4.78, 5) is 22.3. The van der Waals surface area contributed by atoms with Gasteiger partial charge in [0.25, 0.3) is 0 Å². The molecule has 0 aromatic carbocycles. The first-order valence-electron chi connectivity index (χ1n) is 4.36. The van der Waals surface area contributed by atoms with E-state index in [9.17, 15) is 9.59 Å². The summed E-state index contributed by atoms with van der Waals surface area (Å²) in [5.74, 6) is -0.0400. The van der Waals surface area contributed by atoms with Gasteiger partial charge in [-0.2, -0.15) is 0 Å². The second-order valence-electron chi connectivity index (χ2n) is 4.01. The van der Waals surface area contributed by atoms with Gasteiger partial charge in [-0.25, -0.2) is 0 Å². The van der Waals surface area contributed by atoms with Crippen molar-refractivity contribution in [3.05, 3.63) is 12.2 Å². The third-order valence-corrected chi connectivity index (χ3v) is 3.18. The molecule has 1 fully saturated rings. The summed E-state index contributed by atoms with van der Waals surface area (Å²) in [6.07, 6.45) is 6.72.